The summed E-state index contributed by atoms with van der Waals surface area (Å²) in [6.45, 7) is 0.471. The summed E-state index contributed by atoms with van der Waals surface area (Å²) in [6, 6.07) is 0. The molecule has 0 radical (unpaired) electrons. The van der Waals surface area contributed by atoms with Gasteiger partial charge in [-0.25, -0.2) is 0 Å². The molecule has 6 N–H and O–H groups in total. The van der Waals surface area contributed by atoms with E-state index in [2.05, 4.69) is 0 Å². The van der Waals surface area contributed by atoms with Crippen LogP contribution in [0.5, 0.6) is 0 Å². The molecule has 0 aliphatic heterocycles. The van der Waals surface area contributed by atoms with Gasteiger partial charge >= 0.3 is 11.9 Å². The average molecular weight is 232 g/mol. The minimum atomic E-state index is -0.919. The van der Waals surface area contributed by atoms with Crippen molar-refractivity contribution in [2.24, 2.45) is 11.5 Å². The smallest absolute Gasteiger partial charge is 0.303 e. The monoisotopic (exact) mass is 232 g/mol. The molecular weight excluding hydrogens is 212 g/mol. The fourth-order valence-corrected chi connectivity index (χ4v) is 1.54. The molecular formula is C10H20N2O4. The lowest BCUT2D eigenvalue weighted by Gasteiger charge is -2.28. The van der Waals surface area contributed by atoms with Crippen LogP contribution in [-0.4, -0.2) is 34.2 Å². The third kappa shape index (κ3) is 7.19. The van der Waals surface area contributed by atoms with E-state index >= 15 is 0 Å². The Balaban J connectivity index is 4.22. The summed E-state index contributed by atoms with van der Waals surface area (Å²) in [5, 5.41) is 17.2. The van der Waals surface area contributed by atoms with Crippen molar-refractivity contribution in [3.05, 3.63) is 0 Å². The first kappa shape index (κ1) is 14.9. The van der Waals surface area contributed by atoms with E-state index in [-0.39, 0.29) is 25.7 Å². The first-order valence-corrected chi connectivity index (χ1v) is 5.32. The highest BCUT2D eigenvalue weighted by Crippen LogP contribution is 2.22. The number of hydrogen-bond donors (Lipinski definition) is 4. The molecule has 0 saturated heterocycles. The van der Waals surface area contributed by atoms with Crippen molar-refractivity contribution in [1.29, 1.82) is 0 Å². The van der Waals surface area contributed by atoms with Crippen molar-refractivity contribution >= 4 is 11.9 Å². The van der Waals surface area contributed by atoms with Crippen LogP contribution in [0.15, 0.2) is 0 Å². The molecule has 0 aromatic carbocycles. The van der Waals surface area contributed by atoms with Crippen LogP contribution in [0.1, 0.15) is 38.5 Å². The summed E-state index contributed by atoms with van der Waals surface area (Å²) in [4.78, 5) is 20.9. The summed E-state index contributed by atoms with van der Waals surface area (Å²) in [6.07, 6.45) is 1.73. The van der Waals surface area contributed by atoms with Crippen LogP contribution in [0.25, 0.3) is 0 Å². The molecule has 6 heteroatoms. The van der Waals surface area contributed by atoms with Crippen molar-refractivity contribution in [3.63, 3.8) is 0 Å². The van der Waals surface area contributed by atoms with Gasteiger partial charge < -0.3 is 21.7 Å². The number of nitrogens with two attached hydrogens (primary N) is 2. The van der Waals surface area contributed by atoms with E-state index in [0.717, 1.165) is 0 Å². The molecule has 0 fully saturated rings. The molecule has 16 heavy (non-hydrogen) atoms. The number of rotatable bonds is 9. The van der Waals surface area contributed by atoms with Crippen molar-refractivity contribution < 1.29 is 19.8 Å². The van der Waals surface area contributed by atoms with Gasteiger partial charge in [0.05, 0.1) is 0 Å². The Bertz CT molecular complexity index is 225. The molecule has 0 saturated carbocycles. The number of carboxylic acids is 2. The predicted molar refractivity (Wildman–Crippen MR) is 58.9 cm³/mol. The van der Waals surface area contributed by atoms with E-state index in [1.807, 2.05) is 0 Å². The van der Waals surface area contributed by atoms with Crippen LogP contribution in [-0.2, 0) is 9.59 Å². The Morgan fingerprint density at radius 1 is 1.00 bits per heavy atom. The predicted octanol–water partition coefficient (Wildman–Crippen LogP) is 0.152. The van der Waals surface area contributed by atoms with E-state index in [1.165, 1.54) is 0 Å². The van der Waals surface area contributed by atoms with Gasteiger partial charge in [-0.15, -0.1) is 0 Å². The van der Waals surface area contributed by atoms with Crippen LogP contribution in [0.3, 0.4) is 0 Å². The van der Waals surface area contributed by atoms with Gasteiger partial charge in [-0.3, -0.25) is 9.59 Å². The van der Waals surface area contributed by atoms with Gasteiger partial charge in [0.2, 0.25) is 0 Å². The topological polar surface area (TPSA) is 127 Å². The summed E-state index contributed by atoms with van der Waals surface area (Å²) in [7, 11) is 0. The van der Waals surface area contributed by atoms with E-state index < -0.39 is 17.5 Å². The first-order valence-electron chi connectivity index (χ1n) is 5.32. The van der Waals surface area contributed by atoms with Crippen molar-refractivity contribution in [2.45, 2.75) is 44.1 Å². The fourth-order valence-electron chi connectivity index (χ4n) is 1.54. The van der Waals surface area contributed by atoms with Crippen molar-refractivity contribution in [1.82, 2.24) is 0 Å². The molecule has 94 valence electrons. The fraction of sp³-hybridized carbons (Fsp3) is 0.800. The zero-order chi connectivity index (χ0) is 12.6. The van der Waals surface area contributed by atoms with Gasteiger partial charge in [-0.2, -0.15) is 0 Å². The van der Waals surface area contributed by atoms with E-state index in [4.69, 9.17) is 21.7 Å². The molecule has 0 aromatic heterocycles. The van der Waals surface area contributed by atoms with Crippen molar-refractivity contribution in [3.8, 4) is 0 Å². The summed E-state index contributed by atoms with van der Waals surface area (Å²) in [5.74, 6) is -1.84. The molecule has 0 aliphatic rings. The molecule has 6 nitrogen and oxygen atoms in total. The SMILES string of the molecule is NCCCC(N)(CCC(=O)O)CCC(=O)O. The lowest BCUT2D eigenvalue weighted by molar-refractivity contribution is -0.137. The first-order chi connectivity index (χ1) is 7.39. The largest absolute Gasteiger partial charge is 0.481 e. The molecule has 0 atom stereocenters. The van der Waals surface area contributed by atoms with E-state index in [9.17, 15) is 9.59 Å². The Hall–Kier alpha value is -1.14. The van der Waals surface area contributed by atoms with Crippen LogP contribution in [0.4, 0.5) is 0 Å². The summed E-state index contributed by atoms with van der Waals surface area (Å²) in [5.41, 5.74) is 10.6. The zero-order valence-corrected chi connectivity index (χ0v) is 9.32. The van der Waals surface area contributed by atoms with Crippen molar-refractivity contribution in [2.75, 3.05) is 6.54 Å². The van der Waals surface area contributed by atoms with Gasteiger partial charge in [0.25, 0.3) is 0 Å². The molecule has 0 amide bonds. The van der Waals surface area contributed by atoms with Gasteiger partial charge in [-0.1, -0.05) is 0 Å². The highest BCUT2D eigenvalue weighted by Gasteiger charge is 2.25. The number of carbonyl (C=O) groups is 2. The second kappa shape index (κ2) is 7.19. The van der Waals surface area contributed by atoms with Gasteiger partial charge in [0.15, 0.2) is 0 Å². The van der Waals surface area contributed by atoms with Crippen LogP contribution in [0, 0.1) is 0 Å². The molecule has 0 aromatic rings. The Labute approximate surface area is 94.6 Å². The zero-order valence-electron chi connectivity index (χ0n) is 9.32. The summed E-state index contributed by atoms with van der Waals surface area (Å²) >= 11 is 0. The molecule has 0 spiro atoms. The maximum atomic E-state index is 10.5. The third-order valence-electron chi connectivity index (χ3n) is 2.55. The lowest BCUT2D eigenvalue weighted by atomic mass is 9.85. The maximum Gasteiger partial charge on any atom is 0.303 e. The second-order valence-electron chi connectivity index (χ2n) is 4.04. The van der Waals surface area contributed by atoms with Gasteiger partial charge in [0, 0.05) is 18.4 Å². The lowest BCUT2D eigenvalue weighted by Crippen LogP contribution is -2.41. The number of aliphatic carboxylic acids is 2. The molecule has 0 bridgehead atoms. The van der Waals surface area contributed by atoms with Gasteiger partial charge in [-0.05, 0) is 32.2 Å². The van der Waals surface area contributed by atoms with Gasteiger partial charge in [0.1, 0.15) is 0 Å². The second-order valence-corrected chi connectivity index (χ2v) is 4.04. The van der Waals surface area contributed by atoms with Crippen LogP contribution < -0.4 is 11.5 Å². The molecule has 0 heterocycles. The Morgan fingerprint density at radius 3 is 1.75 bits per heavy atom. The van der Waals surface area contributed by atoms with E-state index in [1.54, 1.807) is 0 Å². The maximum absolute atomic E-state index is 10.5. The third-order valence-corrected chi connectivity index (χ3v) is 2.55. The van der Waals surface area contributed by atoms with Crippen LogP contribution in [0.2, 0.25) is 0 Å². The average Bonchev–Trinajstić information content (AvgIpc) is 2.21. The normalized spacial score (nSPS) is 11.4. The highest BCUT2D eigenvalue weighted by atomic mass is 16.4. The van der Waals surface area contributed by atoms with E-state index in [0.29, 0.717) is 19.4 Å². The molecule has 0 aliphatic carbocycles. The standard InChI is InChI=1S/C10H20N2O4/c11-7-1-4-10(12,5-2-8(13)14)6-3-9(15)16/h1-7,11-12H2,(H,13,14)(H,15,16). The van der Waals surface area contributed by atoms with Crippen LogP contribution >= 0.6 is 0 Å². The Morgan fingerprint density at radius 2 is 1.44 bits per heavy atom. The Kier molecular flexibility index (Phi) is 6.67. The quantitative estimate of drug-likeness (QED) is 0.448. The summed E-state index contributed by atoms with van der Waals surface area (Å²) < 4.78 is 0. The molecule has 0 unspecified atom stereocenters. The molecule has 0 rings (SSSR count). The highest BCUT2D eigenvalue weighted by molar-refractivity contribution is 5.67. The number of carboxylic acid groups (broad SMARTS) is 2. The minimum Gasteiger partial charge on any atom is -0.481 e. The number of hydrogen-bond acceptors (Lipinski definition) is 4. The minimum absolute atomic E-state index is 0.0410.